The summed E-state index contributed by atoms with van der Waals surface area (Å²) >= 11 is 0. The van der Waals surface area contributed by atoms with Gasteiger partial charge >= 0.3 is 0 Å². The molecule has 6 nitrogen and oxygen atoms in total. The van der Waals surface area contributed by atoms with Gasteiger partial charge in [0, 0.05) is 24.4 Å². The number of benzene rings is 2. The topological polar surface area (TPSA) is 75.5 Å². The summed E-state index contributed by atoms with van der Waals surface area (Å²) in [5, 5.41) is 13.6. The predicted octanol–water partition coefficient (Wildman–Crippen LogP) is 2.90. The van der Waals surface area contributed by atoms with Gasteiger partial charge in [0.1, 0.15) is 0 Å². The molecule has 0 aromatic heterocycles. The van der Waals surface area contributed by atoms with Crippen LogP contribution in [0.4, 0.5) is 17.1 Å². The number of nitro benzene ring substituents is 1. The SMILES string of the molecule is Cc1ccc([N+](=O)[O-])cc1NC(=O)CN1CCc2ccccc21. The van der Waals surface area contributed by atoms with Crippen LogP contribution in [0.1, 0.15) is 11.1 Å². The number of hydrogen-bond donors (Lipinski definition) is 1. The van der Waals surface area contributed by atoms with Crippen molar-refractivity contribution in [2.75, 3.05) is 23.3 Å². The van der Waals surface area contributed by atoms with Crippen LogP contribution in [0.2, 0.25) is 0 Å². The summed E-state index contributed by atoms with van der Waals surface area (Å²) in [6, 6.07) is 12.5. The Morgan fingerprint density at radius 2 is 2.09 bits per heavy atom. The minimum Gasteiger partial charge on any atom is -0.362 e. The van der Waals surface area contributed by atoms with Crippen LogP contribution in [-0.4, -0.2) is 23.9 Å². The van der Waals surface area contributed by atoms with Gasteiger partial charge in [0.05, 0.1) is 17.2 Å². The summed E-state index contributed by atoms with van der Waals surface area (Å²) in [6.45, 7) is 2.85. The molecule has 1 heterocycles. The fourth-order valence-corrected chi connectivity index (χ4v) is 2.79. The van der Waals surface area contributed by atoms with Gasteiger partial charge in [-0.2, -0.15) is 0 Å². The molecule has 0 saturated heterocycles. The zero-order chi connectivity index (χ0) is 16.4. The lowest BCUT2D eigenvalue weighted by molar-refractivity contribution is -0.384. The molecule has 1 amide bonds. The van der Waals surface area contributed by atoms with Gasteiger partial charge in [0.2, 0.25) is 5.91 Å². The van der Waals surface area contributed by atoms with Gasteiger partial charge in [0.15, 0.2) is 0 Å². The van der Waals surface area contributed by atoms with E-state index < -0.39 is 4.92 Å². The molecule has 0 unspecified atom stereocenters. The molecule has 3 rings (SSSR count). The van der Waals surface area contributed by atoms with E-state index in [9.17, 15) is 14.9 Å². The minimum atomic E-state index is -0.466. The highest BCUT2D eigenvalue weighted by Crippen LogP contribution is 2.27. The molecule has 118 valence electrons. The van der Waals surface area contributed by atoms with Crippen LogP contribution in [-0.2, 0) is 11.2 Å². The van der Waals surface area contributed by atoms with Gasteiger partial charge < -0.3 is 10.2 Å². The number of non-ortho nitro benzene ring substituents is 1. The zero-order valence-corrected chi connectivity index (χ0v) is 12.8. The van der Waals surface area contributed by atoms with E-state index in [-0.39, 0.29) is 18.1 Å². The lowest BCUT2D eigenvalue weighted by Crippen LogP contribution is -2.32. The summed E-state index contributed by atoms with van der Waals surface area (Å²) in [7, 11) is 0. The second-order valence-electron chi connectivity index (χ2n) is 5.60. The summed E-state index contributed by atoms with van der Waals surface area (Å²) in [5.41, 5.74) is 3.57. The van der Waals surface area contributed by atoms with Crippen molar-refractivity contribution in [3.8, 4) is 0 Å². The Kier molecular flexibility index (Phi) is 3.97. The Balaban J connectivity index is 1.71. The van der Waals surface area contributed by atoms with Crippen LogP contribution in [0.3, 0.4) is 0 Å². The maximum absolute atomic E-state index is 12.3. The molecule has 0 radical (unpaired) electrons. The van der Waals surface area contributed by atoms with Crippen LogP contribution in [0.5, 0.6) is 0 Å². The molecular formula is C17H17N3O3. The van der Waals surface area contributed by atoms with Crippen LogP contribution in [0.25, 0.3) is 0 Å². The van der Waals surface area contributed by atoms with Crippen molar-refractivity contribution in [3.63, 3.8) is 0 Å². The van der Waals surface area contributed by atoms with Crippen molar-refractivity contribution in [2.45, 2.75) is 13.3 Å². The van der Waals surface area contributed by atoms with Crippen LogP contribution >= 0.6 is 0 Å². The summed E-state index contributed by atoms with van der Waals surface area (Å²) in [6.07, 6.45) is 0.930. The van der Waals surface area contributed by atoms with Gasteiger partial charge in [-0.3, -0.25) is 14.9 Å². The van der Waals surface area contributed by atoms with E-state index in [1.165, 1.54) is 17.7 Å². The van der Waals surface area contributed by atoms with Crippen molar-refractivity contribution >= 4 is 23.0 Å². The summed E-state index contributed by atoms with van der Waals surface area (Å²) in [4.78, 5) is 24.7. The third kappa shape index (κ3) is 3.15. The quantitative estimate of drug-likeness (QED) is 0.696. The van der Waals surface area contributed by atoms with E-state index >= 15 is 0 Å². The summed E-state index contributed by atoms with van der Waals surface area (Å²) in [5.74, 6) is -0.176. The molecule has 1 N–H and O–H groups in total. The predicted molar refractivity (Wildman–Crippen MR) is 88.8 cm³/mol. The standard InChI is InChI=1S/C17H17N3O3/c1-12-6-7-14(20(22)23)10-15(12)18-17(21)11-19-9-8-13-4-2-3-5-16(13)19/h2-7,10H,8-9,11H2,1H3,(H,18,21). The van der Waals surface area contributed by atoms with Gasteiger partial charge in [-0.25, -0.2) is 0 Å². The third-order valence-electron chi connectivity index (χ3n) is 4.02. The van der Waals surface area contributed by atoms with E-state index in [0.29, 0.717) is 5.69 Å². The smallest absolute Gasteiger partial charge is 0.271 e. The maximum Gasteiger partial charge on any atom is 0.271 e. The zero-order valence-electron chi connectivity index (χ0n) is 12.8. The number of nitro groups is 1. The van der Waals surface area contributed by atoms with Crippen molar-refractivity contribution in [2.24, 2.45) is 0 Å². The Labute approximate surface area is 133 Å². The first-order valence-electron chi connectivity index (χ1n) is 7.42. The number of anilines is 2. The number of rotatable bonds is 4. The molecule has 0 bridgehead atoms. The first-order chi connectivity index (χ1) is 11.0. The first-order valence-corrected chi connectivity index (χ1v) is 7.42. The van der Waals surface area contributed by atoms with Crippen LogP contribution in [0, 0.1) is 17.0 Å². The largest absolute Gasteiger partial charge is 0.362 e. The van der Waals surface area contributed by atoms with Crippen molar-refractivity contribution in [1.82, 2.24) is 0 Å². The second kappa shape index (κ2) is 6.08. The lowest BCUT2D eigenvalue weighted by Gasteiger charge is -2.19. The lowest BCUT2D eigenvalue weighted by atomic mass is 10.2. The Morgan fingerprint density at radius 1 is 1.30 bits per heavy atom. The van der Waals surface area contributed by atoms with Gasteiger partial charge in [-0.15, -0.1) is 0 Å². The second-order valence-corrected chi connectivity index (χ2v) is 5.60. The number of nitrogens with one attached hydrogen (secondary N) is 1. The average molecular weight is 311 g/mol. The fourth-order valence-electron chi connectivity index (χ4n) is 2.79. The molecule has 0 saturated carbocycles. The highest BCUT2D eigenvalue weighted by Gasteiger charge is 2.21. The minimum absolute atomic E-state index is 0.0302. The monoisotopic (exact) mass is 311 g/mol. The van der Waals surface area contributed by atoms with Crippen molar-refractivity contribution in [3.05, 3.63) is 63.7 Å². The summed E-state index contributed by atoms with van der Waals surface area (Å²) < 4.78 is 0. The number of nitrogens with zero attached hydrogens (tertiary/aromatic N) is 2. The normalized spacial score (nSPS) is 12.8. The number of amides is 1. The fraction of sp³-hybridized carbons (Fsp3) is 0.235. The van der Waals surface area contributed by atoms with E-state index in [0.717, 1.165) is 24.2 Å². The molecule has 1 aliphatic rings. The molecule has 0 spiro atoms. The molecular weight excluding hydrogens is 294 g/mol. The molecule has 0 atom stereocenters. The molecule has 6 heteroatoms. The van der Waals surface area contributed by atoms with Gasteiger partial charge in [-0.05, 0) is 30.5 Å². The number of hydrogen-bond acceptors (Lipinski definition) is 4. The van der Waals surface area contributed by atoms with Crippen molar-refractivity contribution < 1.29 is 9.72 Å². The highest BCUT2D eigenvalue weighted by molar-refractivity contribution is 5.95. The highest BCUT2D eigenvalue weighted by atomic mass is 16.6. The van der Waals surface area contributed by atoms with Crippen molar-refractivity contribution in [1.29, 1.82) is 0 Å². The number of carbonyl (C=O) groups excluding carboxylic acids is 1. The number of fused-ring (bicyclic) bond motifs is 1. The van der Waals surface area contributed by atoms with Crippen LogP contribution in [0.15, 0.2) is 42.5 Å². The Bertz CT molecular complexity index is 773. The van der Waals surface area contributed by atoms with Gasteiger partial charge in [-0.1, -0.05) is 24.3 Å². The molecule has 0 fully saturated rings. The molecule has 23 heavy (non-hydrogen) atoms. The van der Waals surface area contributed by atoms with E-state index in [2.05, 4.69) is 11.4 Å². The first kappa shape index (κ1) is 15.0. The average Bonchev–Trinajstić information content (AvgIpc) is 2.92. The molecule has 1 aliphatic heterocycles. The van der Waals surface area contributed by atoms with E-state index in [1.807, 2.05) is 30.0 Å². The Hall–Kier alpha value is -2.89. The Morgan fingerprint density at radius 3 is 2.87 bits per heavy atom. The molecule has 0 aliphatic carbocycles. The molecule has 2 aromatic carbocycles. The van der Waals surface area contributed by atoms with Crippen LogP contribution < -0.4 is 10.2 Å². The van der Waals surface area contributed by atoms with E-state index in [4.69, 9.17) is 0 Å². The van der Waals surface area contributed by atoms with E-state index in [1.54, 1.807) is 6.07 Å². The number of aryl methyl sites for hydroxylation is 1. The van der Waals surface area contributed by atoms with Gasteiger partial charge in [0.25, 0.3) is 5.69 Å². The molecule has 2 aromatic rings. The maximum atomic E-state index is 12.3. The number of para-hydroxylation sites is 1. The third-order valence-corrected chi connectivity index (χ3v) is 4.02. The number of carbonyl (C=O) groups is 1.